The zero-order valence-corrected chi connectivity index (χ0v) is 13.9. The Balaban J connectivity index is 0.00000144. The van der Waals surface area contributed by atoms with Gasteiger partial charge in [0.15, 0.2) is 24.8 Å². The topological polar surface area (TPSA) is 7.76 Å². The molecule has 0 N–H and O–H groups in total. The van der Waals surface area contributed by atoms with Crippen LogP contribution in [-0.4, -0.2) is 0 Å². The summed E-state index contributed by atoms with van der Waals surface area (Å²) in [5.41, 5.74) is 2.54. The Kier molecular flexibility index (Phi) is 8.03. The van der Waals surface area contributed by atoms with Crippen LogP contribution >= 0.6 is 0 Å². The summed E-state index contributed by atoms with van der Waals surface area (Å²) >= 11 is 0. The second kappa shape index (κ2) is 8.38. The molecule has 0 aliphatic rings. The van der Waals surface area contributed by atoms with Crippen LogP contribution in [0.5, 0.6) is 0 Å². The van der Waals surface area contributed by atoms with E-state index in [1.807, 2.05) is 0 Å². The molecule has 0 saturated carbocycles. The van der Waals surface area contributed by atoms with Gasteiger partial charge >= 0.3 is 0 Å². The summed E-state index contributed by atoms with van der Waals surface area (Å²) in [5, 5.41) is 0. The standard InChI is InChI=1S/C14H18N2.2BrH/c1-3-15-9-5-13(6-10-15)14-7-11-16(4-2)12-8-14;;/h5-12H,3-4H2,1-2H3;2*1H/q+2;;/p-2. The van der Waals surface area contributed by atoms with E-state index in [0.29, 0.717) is 0 Å². The number of hydrogen-bond donors (Lipinski definition) is 0. The SMILES string of the molecule is CC[n+]1ccc(-c2cc[n+](CC)cc2)cc1.[Br-].[Br-]. The zero-order chi connectivity index (χ0) is 11.4. The van der Waals surface area contributed by atoms with E-state index in [1.54, 1.807) is 0 Å². The molecule has 2 aromatic heterocycles. The highest BCUT2D eigenvalue weighted by Crippen LogP contribution is 2.15. The second-order valence-corrected chi connectivity index (χ2v) is 3.83. The van der Waals surface area contributed by atoms with Gasteiger partial charge in [-0.15, -0.1) is 0 Å². The number of pyridine rings is 2. The van der Waals surface area contributed by atoms with E-state index in [2.05, 4.69) is 72.0 Å². The molecule has 0 atom stereocenters. The Morgan fingerprint density at radius 3 is 1.17 bits per heavy atom. The lowest BCUT2D eigenvalue weighted by Gasteiger charge is -1.99. The van der Waals surface area contributed by atoms with Crippen LogP contribution in [0.3, 0.4) is 0 Å². The van der Waals surface area contributed by atoms with Gasteiger partial charge in [0.1, 0.15) is 13.1 Å². The first-order valence-corrected chi connectivity index (χ1v) is 5.82. The van der Waals surface area contributed by atoms with Gasteiger partial charge in [-0.05, 0) is 25.0 Å². The van der Waals surface area contributed by atoms with Gasteiger partial charge < -0.3 is 34.0 Å². The van der Waals surface area contributed by atoms with Crippen molar-refractivity contribution in [1.82, 2.24) is 0 Å². The highest BCUT2D eigenvalue weighted by molar-refractivity contribution is 5.60. The number of hydrogen-bond acceptors (Lipinski definition) is 0. The zero-order valence-electron chi connectivity index (χ0n) is 10.7. The van der Waals surface area contributed by atoms with Crippen LogP contribution in [0.1, 0.15) is 13.8 Å². The lowest BCUT2D eigenvalue weighted by Crippen LogP contribution is -3.00. The molecule has 18 heavy (non-hydrogen) atoms. The van der Waals surface area contributed by atoms with Crippen molar-refractivity contribution >= 4 is 0 Å². The highest BCUT2D eigenvalue weighted by atomic mass is 79.9. The molecule has 4 heteroatoms. The summed E-state index contributed by atoms with van der Waals surface area (Å²) in [6.07, 6.45) is 8.48. The maximum absolute atomic E-state index is 2.17. The molecule has 0 amide bonds. The van der Waals surface area contributed by atoms with Crippen LogP contribution in [0.2, 0.25) is 0 Å². The van der Waals surface area contributed by atoms with Crippen molar-refractivity contribution in [2.24, 2.45) is 0 Å². The second-order valence-electron chi connectivity index (χ2n) is 3.83. The smallest absolute Gasteiger partial charge is 0.169 e. The van der Waals surface area contributed by atoms with E-state index in [9.17, 15) is 0 Å². The third-order valence-electron chi connectivity index (χ3n) is 2.85. The average molecular weight is 374 g/mol. The first-order chi connectivity index (χ1) is 7.83. The van der Waals surface area contributed by atoms with E-state index in [4.69, 9.17) is 0 Å². The van der Waals surface area contributed by atoms with E-state index in [-0.39, 0.29) is 34.0 Å². The van der Waals surface area contributed by atoms with E-state index >= 15 is 0 Å². The molecule has 0 bridgehead atoms. The molecule has 0 unspecified atom stereocenters. The molecule has 2 rings (SSSR count). The molecule has 0 aliphatic carbocycles. The maximum atomic E-state index is 2.17. The van der Waals surface area contributed by atoms with Crippen LogP contribution in [0, 0.1) is 0 Å². The van der Waals surface area contributed by atoms with Gasteiger partial charge in [-0.25, -0.2) is 9.13 Å². The van der Waals surface area contributed by atoms with Crippen molar-refractivity contribution < 1.29 is 43.1 Å². The van der Waals surface area contributed by atoms with Crippen LogP contribution in [0.4, 0.5) is 0 Å². The van der Waals surface area contributed by atoms with Crippen LogP contribution in [0.15, 0.2) is 49.1 Å². The van der Waals surface area contributed by atoms with Crippen LogP contribution in [-0.2, 0) is 13.1 Å². The van der Waals surface area contributed by atoms with Crippen molar-refractivity contribution in [3.8, 4) is 11.1 Å². The summed E-state index contributed by atoms with van der Waals surface area (Å²) in [7, 11) is 0. The van der Waals surface area contributed by atoms with Gasteiger partial charge in [-0.2, -0.15) is 0 Å². The number of aryl methyl sites for hydroxylation is 2. The predicted molar refractivity (Wildman–Crippen MR) is 63.6 cm³/mol. The molecule has 98 valence electrons. The van der Waals surface area contributed by atoms with Crippen molar-refractivity contribution in [2.75, 3.05) is 0 Å². The number of halogens is 2. The summed E-state index contributed by atoms with van der Waals surface area (Å²) in [4.78, 5) is 0. The normalized spacial score (nSPS) is 9.22. The molecule has 2 heterocycles. The molecular formula is C14H18Br2N2. The Bertz CT molecular complexity index is 407. The monoisotopic (exact) mass is 372 g/mol. The van der Waals surface area contributed by atoms with Crippen molar-refractivity contribution in [3.63, 3.8) is 0 Å². The third kappa shape index (κ3) is 4.18. The van der Waals surface area contributed by atoms with E-state index in [1.165, 1.54) is 11.1 Å². The van der Waals surface area contributed by atoms with Crippen molar-refractivity contribution in [2.45, 2.75) is 26.9 Å². The first-order valence-electron chi connectivity index (χ1n) is 5.82. The summed E-state index contributed by atoms with van der Waals surface area (Å²) in [5.74, 6) is 0. The molecule has 0 fully saturated rings. The van der Waals surface area contributed by atoms with Gasteiger partial charge in [0.05, 0.1) is 0 Å². The van der Waals surface area contributed by atoms with E-state index in [0.717, 1.165) is 13.1 Å². The Morgan fingerprint density at radius 2 is 0.944 bits per heavy atom. The minimum absolute atomic E-state index is 0. The predicted octanol–water partition coefficient (Wildman–Crippen LogP) is -4.02. The highest BCUT2D eigenvalue weighted by Gasteiger charge is 2.03. The summed E-state index contributed by atoms with van der Waals surface area (Å²) in [6.45, 7) is 6.33. The minimum atomic E-state index is 0. The number of aromatic nitrogens is 2. The fourth-order valence-corrected chi connectivity index (χ4v) is 1.72. The largest absolute Gasteiger partial charge is 1.00 e. The van der Waals surface area contributed by atoms with Crippen LogP contribution in [0.25, 0.3) is 11.1 Å². The van der Waals surface area contributed by atoms with Gasteiger partial charge in [0, 0.05) is 24.3 Å². The van der Waals surface area contributed by atoms with Crippen LogP contribution < -0.4 is 43.1 Å². The first kappa shape index (κ1) is 17.3. The number of rotatable bonds is 3. The fraction of sp³-hybridized carbons (Fsp3) is 0.286. The molecular weight excluding hydrogens is 356 g/mol. The maximum Gasteiger partial charge on any atom is 0.169 e. The number of nitrogens with zero attached hydrogens (tertiary/aromatic N) is 2. The molecule has 0 radical (unpaired) electrons. The molecule has 2 aromatic rings. The molecule has 0 saturated heterocycles. The Labute approximate surface area is 130 Å². The van der Waals surface area contributed by atoms with Gasteiger partial charge in [0.25, 0.3) is 0 Å². The van der Waals surface area contributed by atoms with Crippen molar-refractivity contribution in [1.29, 1.82) is 0 Å². The van der Waals surface area contributed by atoms with Gasteiger partial charge in [-0.3, -0.25) is 0 Å². The van der Waals surface area contributed by atoms with Gasteiger partial charge in [-0.1, -0.05) is 0 Å². The Hall–Kier alpha value is -0.740. The minimum Gasteiger partial charge on any atom is -1.00 e. The summed E-state index contributed by atoms with van der Waals surface area (Å²) < 4.78 is 4.33. The Morgan fingerprint density at radius 1 is 0.667 bits per heavy atom. The average Bonchev–Trinajstić information content (AvgIpc) is 2.39. The third-order valence-corrected chi connectivity index (χ3v) is 2.85. The lowest BCUT2D eigenvalue weighted by molar-refractivity contribution is -0.693. The quantitative estimate of drug-likeness (QED) is 0.484. The molecule has 0 aromatic carbocycles. The summed E-state index contributed by atoms with van der Waals surface area (Å²) in [6, 6.07) is 8.65. The molecule has 2 nitrogen and oxygen atoms in total. The molecule has 0 aliphatic heterocycles. The van der Waals surface area contributed by atoms with Crippen molar-refractivity contribution in [3.05, 3.63) is 49.1 Å². The fourth-order valence-electron chi connectivity index (χ4n) is 1.72. The van der Waals surface area contributed by atoms with E-state index < -0.39 is 0 Å². The lowest BCUT2D eigenvalue weighted by atomic mass is 10.1. The molecule has 0 spiro atoms. The van der Waals surface area contributed by atoms with Gasteiger partial charge in [0.2, 0.25) is 0 Å².